The van der Waals surface area contributed by atoms with E-state index in [4.69, 9.17) is 0 Å². The average Bonchev–Trinajstić information content (AvgIpc) is 2.81. The zero-order chi connectivity index (χ0) is 12.1. The van der Waals surface area contributed by atoms with E-state index in [0.29, 0.717) is 0 Å². The zero-order valence-corrected chi connectivity index (χ0v) is 11.6. The number of aromatic nitrogens is 2. The zero-order valence-electron chi connectivity index (χ0n) is 10.8. The Labute approximate surface area is 109 Å². The molecular formula is C11H22ClN5. The van der Waals surface area contributed by atoms with Crippen molar-refractivity contribution in [3.05, 3.63) is 18.7 Å². The second-order valence-corrected chi connectivity index (χ2v) is 3.37. The summed E-state index contributed by atoms with van der Waals surface area (Å²) in [5, 5.41) is 0. The molecule has 1 N–H and O–H groups in total. The van der Waals surface area contributed by atoms with Crippen molar-refractivity contribution in [1.29, 1.82) is 0 Å². The number of rotatable bonds is 5. The number of nitrogens with zero attached hydrogens (tertiary/aromatic N) is 4. The molecule has 0 aliphatic heterocycles. The topological polar surface area (TPSA) is 56.6 Å². The van der Waals surface area contributed by atoms with Crippen LogP contribution in [0.25, 0.3) is 0 Å². The normalized spacial score (nSPS) is 8.47. The number of H-pyrrole nitrogens is 1. The highest BCUT2D eigenvalue weighted by Crippen LogP contribution is 1.82. The molecule has 0 amide bonds. The number of halogens is 1. The molecule has 0 radical (unpaired) electrons. The van der Waals surface area contributed by atoms with Crippen molar-refractivity contribution in [2.45, 2.75) is 13.3 Å². The molecule has 0 aliphatic rings. The summed E-state index contributed by atoms with van der Waals surface area (Å²) >= 11 is 0. The van der Waals surface area contributed by atoms with Crippen molar-refractivity contribution < 1.29 is 0 Å². The first-order chi connectivity index (χ1) is 7.77. The van der Waals surface area contributed by atoms with Crippen LogP contribution >= 0.6 is 12.4 Å². The van der Waals surface area contributed by atoms with Crippen molar-refractivity contribution in [3.63, 3.8) is 0 Å². The number of imidazole rings is 1. The van der Waals surface area contributed by atoms with Gasteiger partial charge in [0, 0.05) is 18.9 Å². The van der Waals surface area contributed by atoms with Crippen LogP contribution < -0.4 is 0 Å². The summed E-state index contributed by atoms with van der Waals surface area (Å²) in [6.45, 7) is 4.67. The van der Waals surface area contributed by atoms with E-state index >= 15 is 0 Å². The minimum absolute atomic E-state index is 0. The van der Waals surface area contributed by atoms with Crippen LogP contribution in [0.3, 0.4) is 0 Å². The average molecular weight is 260 g/mol. The molecule has 0 spiro atoms. The minimum Gasteiger partial charge on any atom is -0.351 e. The van der Waals surface area contributed by atoms with E-state index in [9.17, 15) is 0 Å². The molecule has 0 fully saturated rings. The van der Waals surface area contributed by atoms with Gasteiger partial charge in [0.1, 0.15) is 0 Å². The first kappa shape index (κ1) is 18.2. The first-order valence-corrected chi connectivity index (χ1v) is 5.42. The fourth-order valence-electron chi connectivity index (χ4n) is 0.852. The Bertz CT molecular complexity index is 261. The lowest BCUT2D eigenvalue weighted by Crippen LogP contribution is -2.13. The van der Waals surface area contributed by atoms with Crippen LogP contribution in [-0.2, 0) is 0 Å². The van der Waals surface area contributed by atoms with Crippen molar-refractivity contribution in [1.82, 2.24) is 14.9 Å². The lowest BCUT2D eigenvalue weighted by atomic mass is 10.4. The molecule has 1 rings (SSSR count). The summed E-state index contributed by atoms with van der Waals surface area (Å²) in [4.78, 5) is 16.4. The molecule has 1 aromatic rings. The summed E-state index contributed by atoms with van der Waals surface area (Å²) < 4.78 is 0. The Morgan fingerprint density at radius 3 is 2.53 bits per heavy atom. The van der Waals surface area contributed by atoms with E-state index in [-0.39, 0.29) is 12.4 Å². The summed E-state index contributed by atoms with van der Waals surface area (Å²) in [6.07, 6.45) is 6.17. The van der Waals surface area contributed by atoms with Gasteiger partial charge in [-0.15, -0.1) is 12.4 Å². The van der Waals surface area contributed by atoms with Crippen molar-refractivity contribution in [2.24, 2.45) is 9.98 Å². The molecule has 1 aromatic heterocycles. The molecular weight excluding hydrogens is 238 g/mol. The number of hydrogen-bond donors (Lipinski definition) is 1. The molecule has 0 saturated heterocycles. The number of aliphatic imine (C=N–C) groups is 2. The third kappa shape index (κ3) is 17.5. The Morgan fingerprint density at radius 2 is 2.12 bits per heavy atom. The van der Waals surface area contributed by atoms with Gasteiger partial charge in [0.15, 0.2) is 0 Å². The predicted molar refractivity (Wildman–Crippen MR) is 74.3 cm³/mol. The number of aromatic amines is 1. The highest BCUT2D eigenvalue weighted by molar-refractivity contribution is 5.85. The van der Waals surface area contributed by atoms with E-state index in [1.54, 1.807) is 18.7 Å². The van der Waals surface area contributed by atoms with Gasteiger partial charge in [0.05, 0.1) is 18.9 Å². The minimum atomic E-state index is 0. The summed E-state index contributed by atoms with van der Waals surface area (Å²) in [5.74, 6) is 0. The maximum absolute atomic E-state index is 3.99. The van der Waals surface area contributed by atoms with Crippen LogP contribution in [0, 0.1) is 0 Å². The molecule has 0 aromatic carbocycles. The van der Waals surface area contributed by atoms with Gasteiger partial charge in [0.25, 0.3) is 0 Å². The molecule has 0 unspecified atom stereocenters. The molecule has 0 bridgehead atoms. The lowest BCUT2D eigenvalue weighted by molar-refractivity contribution is 0.403. The maximum Gasteiger partial charge on any atom is 0.0919 e. The summed E-state index contributed by atoms with van der Waals surface area (Å²) in [5.41, 5.74) is 0. The quantitative estimate of drug-likeness (QED) is 0.649. The third-order valence-corrected chi connectivity index (χ3v) is 1.58. The summed E-state index contributed by atoms with van der Waals surface area (Å²) in [6, 6.07) is 2.64. The van der Waals surface area contributed by atoms with Gasteiger partial charge in [-0.05, 0) is 34.0 Å². The third-order valence-electron chi connectivity index (χ3n) is 1.58. The number of nitrogens with one attached hydrogen (secondary N) is 1. The van der Waals surface area contributed by atoms with Crippen LogP contribution in [0.1, 0.15) is 13.3 Å². The van der Waals surface area contributed by atoms with Gasteiger partial charge in [-0.3, -0.25) is 0 Å². The predicted octanol–water partition coefficient (Wildman–Crippen LogP) is 1.96. The van der Waals surface area contributed by atoms with Crippen molar-refractivity contribution in [2.75, 3.05) is 33.7 Å². The van der Waals surface area contributed by atoms with Gasteiger partial charge in [0.2, 0.25) is 0 Å². The SMILES string of the molecule is CCN=C=NCCCN(C)C.Cl.c1c[nH]cn1. The number of hydrogen-bond acceptors (Lipinski definition) is 4. The second-order valence-electron chi connectivity index (χ2n) is 3.37. The van der Waals surface area contributed by atoms with Crippen LogP contribution in [0.15, 0.2) is 28.7 Å². The van der Waals surface area contributed by atoms with Gasteiger partial charge in [-0.2, -0.15) is 0 Å². The molecule has 17 heavy (non-hydrogen) atoms. The molecule has 6 heteroatoms. The van der Waals surface area contributed by atoms with Gasteiger partial charge >= 0.3 is 0 Å². The summed E-state index contributed by atoms with van der Waals surface area (Å²) in [7, 11) is 4.12. The van der Waals surface area contributed by atoms with Crippen molar-refractivity contribution >= 4 is 18.4 Å². The van der Waals surface area contributed by atoms with E-state index in [1.807, 2.05) is 6.92 Å². The fourth-order valence-corrected chi connectivity index (χ4v) is 0.852. The monoisotopic (exact) mass is 259 g/mol. The van der Waals surface area contributed by atoms with Gasteiger partial charge in [-0.25, -0.2) is 15.0 Å². The Hall–Kier alpha value is -1.16. The Balaban J connectivity index is 0. The van der Waals surface area contributed by atoms with Crippen LogP contribution in [-0.4, -0.2) is 54.6 Å². The van der Waals surface area contributed by atoms with Gasteiger partial charge in [-0.1, -0.05) is 0 Å². The Kier molecular flexibility index (Phi) is 15.9. The Morgan fingerprint density at radius 1 is 1.35 bits per heavy atom. The highest BCUT2D eigenvalue weighted by Gasteiger charge is 1.86. The molecule has 0 saturated carbocycles. The standard InChI is InChI=1S/C8H17N3.C3H4N2.ClH/c1-4-9-8-10-6-5-7-11(2)3;1-2-5-3-4-1;/h4-7H2,1-3H3;1-3H,(H,4,5);1H. The fraction of sp³-hybridized carbons (Fsp3) is 0.636. The molecule has 0 atom stereocenters. The largest absolute Gasteiger partial charge is 0.351 e. The first-order valence-electron chi connectivity index (χ1n) is 5.42. The molecule has 5 nitrogen and oxygen atoms in total. The van der Waals surface area contributed by atoms with E-state index < -0.39 is 0 Å². The van der Waals surface area contributed by atoms with E-state index in [0.717, 1.165) is 26.1 Å². The molecule has 1 heterocycles. The van der Waals surface area contributed by atoms with E-state index in [1.165, 1.54) is 0 Å². The van der Waals surface area contributed by atoms with Crippen LogP contribution in [0.4, 0.5) is 0 Å². The lowest BCUT2D eigenvalue weighted by Gasteiger charge is -2.05. The molecule has 98 valence electrons. The van der Waals surface area contributed by atoms with E-state index in [2.05, 4.69) is 45.0 Å². The van der Waals surface area contributed by atoms with Crippen LogP contribution in [0.5, 0.6) is 0 Å². The highest BCUT2D eigenvalue weighted by atomic mass is 35.5. The second kappa shape index (κ2) is 14.8. The van der Waals surface area contributed by atoms with Crippen LogP contribution in [0.2, 0.25) is 0 Å². The van der Waals surface area contributed by atoms with Crippen molar-refractivity contribution in [3.8, 4) is 0 Å². The molecule has 0 aliphatic carbocycles. The maximum atomic E-state index is 3.99. The van der Waals surface area contributed by atoms with Gasteiger partial charge < -0.3 is 9.88 Å². The smallest absolute Gasteiger partial charge is 0.0919 e.